The summed E-state index contributed by atoms with van der Waals surface area (Å²) >= 11 is 0. The number of hydrogen-bond donors (Lipinski definition) is 1. The van der Waals surface area contributed by atoms with Crippen molar-refractivity contribution >= 4 is 6.16 Å². The molecule has 0 radical (unpaired) electrons. The van der Waals surface area contributed by atoms with Crippen molar-refractivity contribution in [2.45, 2.75) is 52.6 Å². The van der Waals surface area contributed by atoms with Gasteiger partial charge in [-0.1, -0.05) is 38.0 Å². The van der Waals surface area contributed by atoms with Crippen LogP contribution in [-0.2, 0) is 9.47 Å². The van der Waals surface area contributed by atoms with Gasteiger partial charge in [0.1, 0.15) is 17.4 Å². The summed E-state index contributed by atoms with van der Waals surface area (Å²) in [5.74, 6) is -1.62. The smallest absolute Gasteiger partial charge is 0.435 e. The number of nitro groups is 1. The van der Waals surface area contributed by atoms with Crippen LogP contribution in [0.15, 0.2) is 47.1 Å². The second-order valence-corrected chi connectivity index (χ2v) is 6.64. The van der Waals surface area contributed by atoms with E-state index in [2.05, 4.69) is 10.1 Å². The number of alkyl halides is 2. The molecule has 1 atom stereocenters. The summed E-state index contributed by atoms with van der Waals surface area (Å²) in [6.45, 7) is 2.04. The molecular formula is C20H24F2N2O6. The third-order valence-corrected chi connectivity index (χ3v) is 4.47. The molecule has 30 heavy (non-hydrogen) atoms. The highest BCUT2D eigenvalue weighted by molar-refractivity contribution is 5.63. The van der Waals surface area contributed by atoms with E-state index >= 15 is 0 Å². The summed E-state index contributed by atoms with van der Waals surface area (Å²) in [6.07, 6.45) is 1.42. The van der Waals surface area contributed by atoms with Crippen LogP contribution in [0.2, 0.25) is 0 Å². The average molecular weight is 426 g/mol. The number of dihydropyridines is 1. The topological polar surface area (TPSA) is 99.9 Å². The minimum Gasteiger partial charge on any atom is -0.435 e. The van der Waals surface area contributed by atoms with Gasteiger partial charge in [-0.2, -0.15) is 8.78 Å². The minimum atomic E-state index is -3.13. The van der Waals surface area contributed by atoms with E-state index in [1.54, 1.807) is 6.92 Å². The van der Waals surface area contributed by atoms with E-state index < -0.39 is 23.6 Å². The van der Waals surface area contributed by atoms with Gasteiger partial charge in [-0.25, -0.2) is 4.79 Å². The van der Waals surface area contributed by atoms with Gasteiger partial charge in [0.15, 0.2) is 0 Å². The van der Waals surface area contributed by atoms with Crippen molar-refractivity contribution < 1.29 is 32.7 Å². The lowest BCUT2D eigenvalue weighted by molar-refractivity contribution is -0.431. The van der Waals surface area contributed by atoms with Crippen LogP contribution in [0.25, 0.3) is 0 Å². The molecule has 0 aromatic heterocycles. The lowest BCUT2D eigenvalue weighted by atomic mass is 9.89. The molecule has 2 rings (SSSR count). The van der Waals surface area contributed by atoms with Crippen LogP contribution in [0.3, 0.4) is 0 Å². The summed E-state index contributed by atoms with van der Waals surface area (Å²) in [5.41, 5.74) is 0.233. The van der Waals surface area contributed by atoms with Gasteiger partial charge < -0.3 is 19.5 Å². The third kappa shape index (κ3) is 5.68. The van der Waals surface area contributed by atoms with E-state index in [0.29, 0.717) is 12.1 Å². The Balaban J connectivity index is 2.43. The number of ether oxygens (including phenoxy) is 3. The molecule has 0 fully saturated rings. The number of nitrogens with zero attached hydrogens (tertiary/aromatic N) is 1. The molecule has 1 unspecified atom stereocenters. The summed E-state index contributed by atoms with van der Waals surface area (Å²) < 4.78 is 40.7. The second-order valence-electron chi connectivity index (χ2n) is 6.64. The minimum absolute atomic E-state index is 0.0680. The number of para-hydroxylation sites is 1. The maximum atomic E-state index is 12.9. The molecule has 0 saturated carbocycles. The summed E-state index contributed by atoms with van der Waals surface area (Å²) in [7, 11) is 0. The van der Waals surface area contributed by atoms with Crippen molar-refractivity contribution in [2.24, 2.45) is 0 Å². The van der Waals surface area contributed by atoms with E-state index in [-0.39, 0.29) is 35.1 Å². The predicted octanol–water partition coefficient (Wildman–Crippen LogP) is 5.06. The van der Waals surface area contributed by atoms with Gasteiger partial charge in [-0.3, -0.25) is 10.1 Å². The van der Waals surface area contributed by atoms with E-state index in [4.69, 9.17) is 9.47 Å². The Morgan fingerprint density at radius 2 is 1.93 bits per heavy atom. The highest BCUT2D eigenvalue weighted by Crippen LogP contribution is 2.42. The highest BCUT2D eigenvalue weighted by atomic mass is 19.3. The van der Waals surface area contributed by atoms with Gasteiger partial charge in [-0.05, 0) is 26.3 Å². The Hall–Kier alpha value is -3.17. The van der Waals surface area contributed by atoms with Crippen LogP contribution in [0.4, 0.5) is 13.6 Å². The predicted molar refractivity (Wildman–Crippen MR) is 103 cm³/mol. The van der Waals surface area contributed by atoms with Crippen molar-refractivity contribution in [3.63, 3.8) is 0 Å². The Morgan fingerprint density at radius 1 is 1.23 bits per heavy atom. The standard InChI is InChI=1S/C20H24F2N2O6/c1-4-5-8-11-28-20(25)30-18-13(3)23-12(2)17(24(26)27)16(18)14-9-6-7-10-15(14)29-19(21)22/h6-7,9-10,16,19,23H,4-5,8,11H2,1-3H3. The van der Waals surface area contributed by atoms with Crippen molar-refractivity contribution in [1.82, 2.24) is 5.32 Å². The van der Waals surface area contributed by atoms with Gasteiger partial charge in [-0.15, -0.1) is 0 Å². The van der Waals surface area contributed by atoms with Crippen LogP contribution < -0.4 is 10.1 Å². The number of halogens is 2. The van der Waals surface area contributed by atoms with Crippen molar-refractivity contribution in [2.75, 3.05) is 6.61 Å². The molecule has 0 spiro atoms. The molecule has 1 aliphatic heterocycles. The Morgan fingerprint density at radius 3 is 2.57 bits per heavy atom. The molecule has 1 aromatic carbocycles. The Bertz CT molecular complexity index is 853. The molecule has 0 bridgehead atoms. The fourth-order valence-electron chi connectivity index (χ4n) is 3.18. The average Bonchev–Trinajstić information content (AvgIpc) is 2.67. The number of benzene rings is 1. The molecule has 10 heteroatoms. The molecule has 0 saturated heterocycles. The zero-order valence-electron chi connectivity index (χ0n) is 16.9. The van der Waals surface area contributed by atoms with E-state index in [0.717, 1.165) is 12.8 Å². The second kappa shape index (κ2) is 10.6. The number of carbonyl (C=O) groups excluding carboxylic acids is 1. The number of rotatable bonds is 9. The van der Waals surface area contributed by atoms with E-state index in [9.17, 15) is 23.7 Å². The van der Waals surface area contributed by atoms with E-state index in [1.165, 1.54) is 31.2 Å². The molecule has 1 aliphatic rings. The quantitative estimate of drug-likeness (QED) is 0.255. The van der Waals surface area contributed by atoms with Crippen LogP contribution in [0, 0.1) is 10.1 Å². The summed E-state index contributed by atoms with van der Waals surface area (Å²) in [5, 5.41) is 14.6. The fourth-order valence-corrected chi connectivity index (χ4v) is 3.18. The number of allylic oxidation sites excluding steroid dienone is 2. The van der Waals surface area contributed by atoms with Gasteiger partial charge >= 0.3 is 12.8 Å². The lowest BCUT2D eigenvalue weighted by Gasteiger charge is -2.27. The third-order valence-electron chi connectivity index (χ3n) is 4.47. The first-order chi connectivity index (χ1) is 14.3. The normalized spacial score (nSPS) is 16.4. The number of unbranched alkanes of at least 4 members (excludes halogenated alkanes) is 2. The van der Waals surface area contributed by atoms with Crippen LogP contribution in [0.5, 0.6) is 5.75 Å². The number of nitrogens with one attached hydrogen (secondary N) is 1. The molecule has 0 amide bonds. The first-order valence-corrected chi connectivity index (χ1v) is 9.47. The number of hydrogen-bond acceptors (Lipinski definition) is 7. The summed E-state index contributed by atoms with van der Waals surface area (Å²) in [6, 6.07) is 5.67. The van der Waals surface area contributed by atoms with Gasteiger partial charge in [0, 0.05) is 5.56 Å². The lowest BCUT2D eigenvalue weighted by Crippen LogP contribution is -2.30. The first kappa shape index (κ1) is 23.1. The monoisotopic (exact) mass is 426 g/mol. The van der Waals surface area contributed by atoms with Crippen molar-refractivity contribution in [3.8, 4) is 5.75 Å². The molecule has 8 nitrogen and oxygen atoms in total. The molecule has 1 N–H and O–H groups in total. The molecule has 164 valence electrons. The molecule has 1 heterocycles. The molecule has 1 aromatic rings. The van der Waals surface area contributed by atoms with Crippen molar-refractivity contribution in [3.05, 3.63) is 62.8 Å². The van der Waals surface area contributed by atoms with E-state index in [1.807, 2.05) is 6.92 Å². The van der Waals surface area contributed by atoms with Crippen LogP contribution in [0.1, 0.15) is 51.5 Å². The van der Waals surface area contributed by atoms with Crippen LogP contribution in [-0.4, -0.2) is 24.3 Å². The van der Waals surface area contributed by atoms with Gasteiger partial charge in [0.2, 0.25) is 0 Å². The Kier molecular flexibility index (Phi) is 8.14. The first-order valence-electron chi connectivity index (χ1n) is 9.47. The SMILES string of the molecule is CCCCCOC(=O)OC1=C(C)NC(C)=C([N+](=O)[O-])C1c1ccccc1OC(F)F. The highest BCUT2D eigenvalue weighted by Gasteiger charge is 2.41. The maximum Gasteiger partial charge on any atom is 0.513 e. The van der Waals surface area contributed by atoms with Gasteiger partial charge in [0.05, 0.1) is 22.9 Å². The molecular weight excluding hydrogens is 402 g/mol. The van der Waals surface area contributed by atoms with Crippen LogP contribution >= 0.6 is 0 Å². The van der Waals surface area contributed by atoms with Gasteiger partial charge in [0.25, 0.3) is 5.70 Å². The largest absolute Gasteiger partial charge is 0.513 e. The Labute approximate surface area is 172 Å². The fraction of sp³-hybridized carbons (Fsp3) is 0.450. The number of carbonyl (C=O) groups is 1. The summed E-state index contributed by atoms with van der Waals surface area (Å²) in [4.78, 5) is 23.3. The molecule has 0 aliphatic carbocycles. The maximum absolute atomic E-state index is 12.9. The zero-order valence-corrected chi connectivity index (χ0v) is 16.9. The zero-order chi connectivity index (χ0) is 22.3. The van der Waals surface area contributed by atoms with Crippen molar-refractivity contribution in [1.29, 1.82) is 0 Å².